The van der Waals surface area contributed by atoms with Crippen LogP contribution in [0.3, 0.4) is 0 Å². The van der Waals surface area contributed by atoms with Crippen molar-refractivity contribution in [3.63, 3.8) is 0 Å². The predicted octanol–water partition coefficient (Wildman–Crippen LogP) is 4.18. The van der Waals surface area contributed by atoms with Crippen LogP contribution in [0, 0.1) is 12.7 Å². The number of hydrogen-bond acceptors (Lipinski definition) is 2. The molecule has 1 atom stereocenters. The average molecular weight is 339 g/mol. The van der Waals surface area contributed by atoms with Gasteiger partial charge in [0.05, 0.1) is 13.2 Å². The summed E-state index contributed by atoms with van der Waals surface area (Å²) in [5, 5.41) is 10.4. The summed E-state index contributed by atoms with van der Waals surface area (Å²) in [6, 6.07) is 10.3. The minimum Gasteiger partial charge on any atom is -0.496 e. The van der Waals surface area contributed by atoms with Gasteiger partial charge in [0.1, 0.15) is 11.6 Å². The van der Waals surface area contributed by atoms with E-state index in [2.05, 4.69) is 15.9 Å². The van der Waals surface area contributed by atoms with E-state index in [4.69, 9.17) is 4.74 Å². The number of aliphatic hydroxyl groups excluding tert-OH is 1. The van der Waals surface area contributed by atoms with Crippen LogP contribution in [0.5, 0.6) is 5.75 Å². The van der Waals surface area contributed by atoms with E-state index in [1.165, 1.54) is 6.07 Å². The van der Waals surface area contributed by atoms with Crippen molar-refractivity contribution in [2.45, 2.75) is 19.4 Å². The molecule has 0 aliphatic carbocycles. The van der Waals surface area contributed by atoms with Gasteiger partial charge in [-0.25, -0.2) is 4.39 Å². The predicted molar refractivity (Wildman–Crippen MR) is 80.5 cm³/mol. The molecule has 0 heterocycles. The van der Waals surface area contributed by atoms with E-state index in [-0.39, 0.29) is 12.2 Å². The Morgan fingerprint density at radius 2 is 2.00 bits per heavy atom. The standard InChI is InChI=1S/C16H16BrFO2/c1-10-3-6-16(20-2)13(7-10)15(19)9-11-8-12(17)4-5-14(11)18/h3-8,15,19H,9H2,1-2H3. The van der Waals surface area contributed by atoms with Gasteiger partial charge in [-0.1, -0.05) is 27.6 Å². The summed E-state index contributed by atoms with van der Waals surface area (Å²) in [6.07, 6.45) is -0.612. The van der Waals surface area contributed by atoms with Gasteiger partial charge in [-0.15, -0.1) is 0 Å². The number of benzene rings is 2. The Hall–Kier alpha value is -1.39. The van der Waals surface area contributed by atoms with Crippen LogP contribution in [0.2, 0.25) is 0 Å². The molecular weight excluding hydrogens is 323 g/mol. The highest BCUT2D eigenvalue weighted by molar-refractivity contribution is 9.10. The van der Waals surface area contributed by atoms with Gasteiger partial charge in [0.15, 0.2) is 0 Å². The lowest BCUT2D eigenvalue weighted by Crippen LogP contribution is -2.06. The van der Waals surface area contributed by atoms with Gasteiger partial charge < -0.3 is 9.84 Å². The highest BCUT2D eigenvalue weighted by Crippen LogP contribution is 2.29. The molecule has 0 radical (unpaired) electrons. The van der Waals surface area contributed by atoms with Crippen molar-refractivity contribution in [1.82, 2.24) is 0 Å². The van der Waals surface area contributed by atoms with Crippen molar-refractivity contribution in [1.29, 1.82) is 0 Å². The van der Waals surface area contributed by atoms with Crippen molar-refractivity contribution in [2.24, 2.45) is 0 Å². The smallest absolute Gasteiger partial charge is 0.126 e. The summed E-state index contributed by atoms with van der Waals surface area (Å²) in [4.78, 5) is 0. The van der Waals surface area contributed by atoms with Crippen molar-refractivity contribution in [3.8, 4) is 5.75 Å². The maximum absolute atomic E-state index is 13.7. The van der Waals surface area contributed by atoms with Crippen LogP contribution in [0.4, 0.5) is 4.39 Å². The first-order chi connectivity index (χ1) is 9.51. The zero-order valence-corrected chi connectivity index (χ0v) is 12.9. The highest BCUT2D eigenvalue weighted by atomic mass is 79.9. The zero-order chi connectivity index (χ0) is 14.7. The number of halogens is 2. The molecule has 20 heavy (non-hydrogen) atoms. The fourth-order valence-electron chi connectivity index (χ4n) is 2.13. The Bertz CT molecular complexity index is 613. The fraction of sp³-hybridized carbons (Fsp3) is 0.250. The normalized spacial score (nSPS) is 12.2. The average Bonchev–Trinajstić information content (AvgIpc) is 2.42. The second-order valence-corrected chi connectivity index (χ2v) is 5.62. The maximum atomic E-state index is 13.7. The number of ether oxygens (including phenoxy) is 1. The summed E-state index contributed by atoms with van der Waals surface area (Å²) < 4.78 is 19.8. The second-order valence-electron chi connectivity index (χ2n) is 4.70. The molecule has 2 nitrogen and oxygen atoms in total. The van der Waals surface area contributed by atoms with Gasteiger partial charge >= 0.3 is 0 Å². The maximum Gasteiger partial charge on any atom is 0.126 e. The van der Waals surface area contributed by atoms with Crippen LogP contribution >= 0.6 is 15.9 Å². The van der Waals surface area contributed by atoms with E-state index in [0.29, 0.717) is 16.9 Å². The van der Waals surface area contributed by atoms with E-state index in [1.807, 2.05) is 25.1 Å². The van der Waals surface area contributed by atoms with Crippen LogP contribution in [-0.2, 0) is 6.42 Å². The zero-order valence-electron chi connectivity index (χ0n) is 11.4. The molecule has 0 aromatic heterocycles. The Balaban J connectivity index is 2.30. The minimum absolute atomic E-state index is 0.199. The largest absolute Gasteiger partial charge is 0.496 e. The molecule has 2 aromatic rings. The third-order valence-electron chi connectivity index (χ3n) is 3.17. The summed E-state index contributed by atoms with van der Waals surface area (Å²) in [7, 11) is 1.56. The first kappa shape index (κ1) is 15.0. The van der Waals surface area contributed by atoms with E-state index < -0.39 is 6.10 Å². The second kappa shape index (κ2) is 6.37. The minimum atomic E-state index is -0.811. The van der Waals surface area contributed by atoms with E-state index in [1.54, 1.807) is 19.2 Å². The quantitative estimate of drug-likeness (QED) is 0.905. The Morgan fingerprint density at radius 3 is 2.70 bits per heavy atom. The topological polar surface area (TPSA) is 29.5 Å². The molecule has 1 unspecified atom stereocenters. The third kappa shape index (κ3) is 3.38. The van der Waals surface area contributed by atoms with Gasteiger partial charge in [-0.2, -0.15) is 0 Å². The summed E-state index contributed by atoms with van der Waals surface area (Å²) in [5.41, 5.74) is 2.16. The van der Waals surface area contributed by atoms with Crippen LogP contribution in [0.1, 0.15) is 22.8 Å². The molecule has 0 aliphatic heterocycles. The molecule has 2 aromatic carbocycles. The first-order valence-corrected chi connectivity index (χ1v) is 7.07. The Labute approximate surface area is 126 Å². The monoisotopic (exact) mass is 338 g/mol. The number of aliphatic hydroxyl groups is 1. The molecule has 2 rings (SSSR count). The number of hydrogen-bond donors (Lipinski definition) is 1. The number of methoxy groups -OCH3 is 1. The van der Waals surface area contributed by atoms with Gasteiger partial charge in [0, 0.05) is 16.5 Å². The molecule has 0 saturated carbocycles. The van der Waals surface area contributed by atoms with Crippen molar-refractivity contribution < 1.29 is 14.2 Å². The number of rotatable bonds is 4. The van der Waals surface area contributed by atoms with E-state index >= 15 is 0 Å². The van der Waals surface area contributed by atoms with E-state index in [9.17, 15) is 9.50 Å². The van der Waals surface area contributed by atoms with Crippen molar-refractivity contribution in [3.05, 3.63) is 63.4 Å². The van der Waals surface area contributed by atoms with Gasteiger partial charge in [-0.05, 0) is 42.8 Å². The van der Waals surface area contributed by atoms with Gasteiger partial charge in [0.2, 0.25) is 0 Å². The lowest BCUT2D eigenvalue weighted by Gasteiger charge is -2.16. The van der Waals surface area contributed by atoms with Crippen molar-refractivity contribution in [2.75, 3.05) is 7.11 Å². The third-order valence-corrected chi connectivity index (χ3v) is 3.66. The molecule has 4 heteroatoms. The van der Waals surface area contributed by atoms with Crippen LogP contribution in [0.15, 0.2) is 40.9 Å². The molecule has 0 saturated heterocycles. The van der Waals surface area contributed by atoms with Gasteiger partial charge in [-0.3, -0.25) is 0 Å². The lowest BCUT2D eigenvalue weighted by atomic mass is 9.99. The Morgan fingerprint density at radius 1 is 1.25 bits per heavy atom. The first-order valence-electron chi connectivity index (χ1n) is 6.28. The molecule has 0 fully saturated rings. The number of aryl methyl sites for hydroxylation is 1. The molecule has 1 N–H and O–H groups in total. The van der Waals surface area contributed by atoms with Crippen molar-refractivity contribution >= 4 is 15.9 Å². The fourth-order valence-corrected chi connectivity index (χ4v) is 2.54. The molecule has 0 spiro atoms. The molecule has 0 amide bonds. The van der Waals surface area contributed by atoms with Crippen LogP contribution < -0.4 is 4.74 Å². The van der Waals surface area contributed by atoms with E-state index in [0.717, 1.165) is 10.0 Å². The molecular formula is C16H16BrFO2. The summed E-state index contributed by atoms with van der Waals surface area (Å²) >= 11 is 3.31. The molecule has 0 aliphatic rings. The van der Waals surface area contributed by atoms with Crippen LogP contribution in [0.25, 0.3) is 0 Å². The lowest BCUT2D eigenvalue weighted by molar-refractivity contribution is 0.172. The molecule has 106 valence electrons. The molecule has 0 bridgehead atoms. The SMILES string of the molecule is COc1ccc(C)cc1C(O)Cc1cc(Br)ccc1F. The summed E-state index contributed by atoms with van der Waals surface area (Å²) in [6.45, 7) is 1.94. The van der Waals surface area contributed by atoms with Crippen LogP contribution in [-0.4, -0.2) is 12.2 Å². The summed E-state index contributed by atoms with van der Waals surface area (Å²) in [5.74, 6) is 0.289. The Kier molecular flexibility index (Phi) is 4.78. The highest BCUT2D eigenvalue weighted by Gasteiger charge is 2.16. The van der Waals surface area contributed by atoms with Gasteiger partial charge in [0.25, 0.3) is 0 Å².